The molecule has 3 aromatic rings. The Kier molecular flexibility index (Phi) is 3.62. The van der Waals surface area contributed by atoms with Gasteiger partial charge in [0.05, 0.1) is 11.2 Å². The second-order valence-corrected chi connectivity index (χ2v) is 4.68. The number of hydrogen-bond acceptors (Lipinski definition) is 5. The summed E-state index contributed by atoms with van der Waals surface area (Å²) in [5.74, 6) is 0.982. The van der Waals surface area contributed by atoms with Gasteiger partial charge in [0.25, 0.3) is 0 Å². The monoisotopic (exact) mass is 306 g/mol. The average Bonchev–Trinajstić information content (AvgIpc) is 2.48. The largest absolute Gasteiger partial charge is 0.484 e. The van der Waals surface area contributed by atoms with Crippen LogP contribution in [0.15, 0.2) is 36.8 Å². The van der Waals surface area contributed by atoms with Gasteiger partial charge in [0.1, 0.15) is 22.9 Å². The molecular formula is C13H8Cl2N4O. The van der Waals surface area contributed by atoms with E-state index in [0.29, 0.717) is 32.8 Å². The zero-order valence-corrected chi connectivity index (χ0v) is 11.6. The molecule has 1 aromatic carbocycles. The van der Waals surface area contributed by atoms with Crippen molar-refractivity contribution in [2.24, 2.45) is 0 Å². The quantitative estimate of drug-likeness (QED) is 0.743. The number of halogens is 2. The topological polar surface area (TPSA) is 60.8 Å². The maximum atomic E-state index is 6.03. The summed E-state index contributed by atoms with van der Waals surface area (Å²) in [5, 5.41) is 0.809. The highest BCUT2D eigenvalue weighted by Crippen LogP contribution is 2.31. The summed E-state index contributed by atoms with van der Waals surface area (Å²) in [6, 6.07) is 5.18. The van der Waals surface area contributed by atoms with Crippen molar-refractivity contribution in [1.82, 2.24) is 19.9 Å². The summed E-state index contributed by atoms with van der Waals surface area (Å²) in [7, 11) is 0. The molecule has 0 atom stereocenters. The zero-order chi connectivity index (χ0) is 13.9. The molecule has 0 saturated heterocycles. The van der Waals surface area contributed by atoms with E-state index in [0.717, 1.165) is 0 Å². The van der Waals surface area contributed by atoms with Gasteiger partial charge in [-0.1, -0.05) is 29.3 Å². The molecule has 100 valence electrons. The van der Waals surface area contributed by atoms with Crippen LogP contribution in [0.5, 0.6) is 5.75 Å². The number of fused-ring (bicyclic) bond motifs is 1. The Morgan fingerprint density at radius 1 is 1.05 bits per heavy atom. The third kappa shape index (κ3) is 2.64. The molecular weight excluding hydrogens is 299 g/mol. The fourth-order valence-corrected chi connectivity index (χ4v) is 1.96. The highest BCUT2D eigenvalue weighted by molar-refractivity contribution is 6.42. The number of hydrogen-bond donors (Lipinski definition) is 0. The van der Waals surface area contributed by atoms with E-state index in [9.17, 15) is 0 Å². The predicted octanol–water partition coefficient (Wildman–Crippen LogP) is 3.31. The summed E-state index contributed by atoms with van der Waals surface area (Å²) in [4.78, 5) is 16.6. The lowest BCUT2D eigenvalue weighted by molar-refractivity contribution is 0.296. The van der Waals surface area contributed by atoms with Gasteiger partial charge in [0, 0.05) is 12.4 Å². The Bertz CT molecular complexity index is 766. The molecule has 0 bridgehead atoms. The highest BCUT2D eigenvalue weighted by atomic mass is 35.5. The number of nitrogens with zero attached hydrogens (tertiary/aromatic N) is 4. The first-order chi connectivity index (χ1) is 9.74. The minimum absolute atomic E-state index is 0.173. The molecule has 0 spiro atoms. The van der Waals surface area contributed by atoms with Crippen molar-refractivity contribution >= 4 is 34.4 Å². The first-order valence-electron chi connectivity index (χ1n) is 5.73. The summed E-state index contributed by atoms with van der Waals surface area (Å²) < 4.78 is 5.56. The average molecular weight is 307 g/mol. The summed E-state index contributed by atoms with van der Waals surface area (Å²) in [6.45, 7) is 0.173. The fourth-order valence-electron chi connectivity index (χ4n) is 1.61. The van der Waals surface area contributed by atoms with Crippen LogP contribution in [0.1, 0.15) is 5.82 Å². The van der Waals surface area contributed by atoms with Crippen molar-refractivity contribution in [2.75, 3.05) is 0 Å². The van der Waals surface area contributed by atoms with E-state index in [1.165, 1.54) is 0 Å². The first-order valence-corrected chi connectivity index (χ1v) is 6.49. The highest BCUT2D eigenvalue weighted by Gasteiger charge is 2.07. The molecule has 0 N–H and O–H groups in total. The molecule has 0 saturated carbocycles. The van der Waals surface area contributed by atoms with Gasteiger partial charge in [-0.3, -0.25) is 0 Å². The van der Waals surface area contributed by atoms with Crippen LogP contribution in [0.4, 0.5) is 0 Å². The van der Waals surface area contributed by atoms with E-state index in [1.54, 1.807) is 36.8 Å². The predicted molar refractivity (Wildman–Crippen MR) is 75.9 cm³/mol. The molecule has 0 aliphatic carbocycles. The van der Waals surface area contributed by atoms with Crippen LogP contribution in [-0.4, -0.2) is 19.9 Å². The molecule has 0 amide bonds. The lowest BCUT2D eigenvalue weighted by Gasteiger charge is -2.08. The Labute approximate surface area is 124 Å². The van der Waals surface area contributed by atoms with Crippen molar-refractivity contribution in [1.29, 1.82) is 0 Å². The van der Waals surface area contributed by atoms with Crippen LogP contribution < -0.4 is 4.74 Å². The Hall–Kier alpha value is -1.98. The van der Waals surface area contributed by atoms with Crippen LogP contribution >= 0.6 is 23.2 Å². The molecule has 7 heteroatoms. The third-order valence-electron chi connectivity index (χ3n) is 2.55. The number of aromatic nitrogens is 4. The first kappa shape index (κ1) is 13.0. The summed E-state index contributed by atoms with van der Waals surface area (Å²) in [5.41, 5.74) is 1.16. The van der Waals surface area contributed by atoms with Crippen molar-refractivity contribution < 1.29 is 4.74 Å². The van der Waals surface area contributed by atoms with Crippen LogP contribution in [0, 0.1) is 0 Å². The Balaban J connectivity index is 1.81. The minimum atomic E-state index is 0.173. The molecule has 2 heterocycles. The van der Waals surface area contributed by atoms with E-state index in [2.05, 4.69) is 19.9 Å². The fraction of sp³-hybridized carbons (Fsp3) is 0.0769. The molecule has 0 aliphatic heterocycles. The normalized spacial score (nSPS) is 10.7. The molecule has 0 unspecified atom stereocenters. The Morgan fingerprint density at radius 3 is 2.80 bits per heavy atom. The van der Waals surface area contributed by atoms with Crippen LogP contribution in [-0.2, 0) is 6.61 Å². The van der Waals surface area contributed by atoms with E-state index in [-0.39, 0.29) is 6.61 Å². The van der Waals surface area contributed by atoms with E-state index >= 15 is 0 Å². The van der Waals surface area contributed by atoms with Crippen molar-refractivity contribution in [3.05, 3.63) is 52.7 Å². The van der Waals surface area contributed by atoms with Crippen molar-refractivity contribution in [3.8, 4) is 5.75 Å². The van der Waals surface area contributed by atoms with Crippen molar-refractivity contribution in [3.63, 3.8) is 0 Å². The molecule has 20 heavy (non-hydrogen) atoms. The van der Waals surface area contributed by atoms with Gasteiger partial charge in [-0.2, -0.15) is 0 Å². The van der Waals surface area contributed by atoms with Gasteiger partial charge in [0.15, 0.2) is 11.5 Å². The van der Waals surface area contributed by atoms with Gasteiger partial charge in [-0.15, -0.1) is 0 Å². The van der Waals surface area contributed by atoms with Crippen LogP contribution in [0.2, 0.25) is 10.0 Å². The molecule has 0 radical (unpaired) electrons. The van der Waals surface area contributed by atoms with Gasteiger partial charge in [-0.25, -0.2) is 19.9 Å². The van der Waals surface area contributed by atoms with Gasteiger partial charge < -0.3 is 4.74 Å². The van der Waals surface area contributed by atoms with Gasteiger partial charge in [-0.05, 0) is 12.1 Å². The second kappa shape index (κ2) is 5.56. The maximum Gasteiger partial charge on any atom is 0.181 e. The molecule has 5 nitrogen and oxygen atoms in total. The number of benzene rings is 1. The summed E-state index contributed by atoms with van der Waals surface area (Å²) >= 11 is 11.9. The lowest BCUT2D eigenvalue weighted by atomic mass is 10.3. The van der Waals surface area contributed by atoms with Crippen LogP contribution in [0.25, 0.3) is 11.2 Å². The number of rotatable bonds is 3. The third-order valence-corrected chi connectivity index (χ3v) is 3.35. The van der Waals surface area contributed by atoms with Crippen LogP contribution in [0.3, 0.4) is 0 Å². The number of ether oxygens (including phenoxy) is 1. The smallest absolute Gasteiger partial charge is 0.181 e. The second-order valence-electron chi connectivity index (χ2n) is 3.89. The van der Waals surface area contributed by atoms with Gasteiger partial charge in [0.2, 0.25) is 0 Å². The molecule has 0 aliphatic rings. The van der Waals surface area contributed by atoms with E-state index in [1.807, 2.05) is 0 Å². The zero-order valence-electron chi connectivity index (χ0n) is 10.1. The van der Waals surface area contributed by atoms with E-state index in [4.69, 9.17) is 27.9 Å². The summed E-state index contributed by atoms with van der Waals surface area (Å²) in [6.07, 6.45) is 4.77. The maximum absolute atomic E-state index is 6.03. The Morgan fingerprint density at radius 2 is 1.90 bits per heavy atom. The molecule has 2 aromatic heterocycles. The lowest BCUT2D eigenvalue weighted by Crippen LogP contribution is -2.03. The SMILES string of the molecule is Clc1cccc(OCc2ncc3nccnc3n2)c1Cl. The standard InChI is InChI=1S/C13H8Cl2N4O/c14-8-2-1-3-10(12(8)15)20-7-11-18-6-9-13(19-11)17-5-4-16-9/h1-6H,7H2. The van der Waals surface area contributed by atoms with Gasteiger partial charge >= 0.3 is 0 Å². The molecule has 3 rings (SSSR count). The molecule has 0 fully saturated rings. The van der Waals surface area contributed by atoms with E-state index < -0.39 is 0 Å². The van der Waals surface area contributed by atoms with Crippen molar-refractivity contribution in [2.45, 2.75) is 6.61 Å². The minimum Gasteiger partial charge on any atom is -0.484 e.